The number of hydrogen-bond acceptors (Lipinski definition) is 3. The van der Waals surface area contributed by atoms with Crippen LogP contribution in [0.2, 0.25) is 0 Å². The van der Waals surface area contributed by atoms with Crippen molar-refractivity contribution in [1.29, 1.82) is 0 Å². The van der Waals surface area contributed by atoms with Gasteiger partial charge in [0.15, 0.2) is 11.0 Å². The van der Waals surface area contributed by atoms with E-state index in [2.05, 4.69) is 16.0 Å². The van der Waals surface area contributed by atoms with E-state index < -0.39 is 11.7 Å². The van der Waals surface area contributed by atoms with Crippen molar-refractivity contribution in [2.75, 3.05) is 16.0 Å². The van der Waals surface area contributed by atoms with Gasteiger partial charge in [-0.05, 0) is 54.7 Å². The maximum Gasteiger partial charge on any atom is 0.258 e. The van der Waals surface area contributed by atoms with Gasteiger partial charge in [0, 0.05) is 17.4 Å². The summed E-state index contributed by atoms with van der Waals surface area (Å²) < 4.78 is 18.7. The summed E-state index contributed by atoms with van der Waals surface area (Å²) in [4.78, 5) is 12.1. The molecule has 5 nitrogen and oxygen atoms in total. The SMILES string of the molecule is O=C(Nc1ccc(NC(=S)Nc2ccco2)cc1)c1ccccc1F. The molecule has 2 aromatic carbocycles. The number of carbonyl (C=O) groups is 1. The van der Waals surface area contributed by atoms with Gasteiger partial charge in [0.25, 0.3) is 5.91 Å². The third-order valence-corrected chi connectivity index (χ3v) is 3.48. The zero-order valence-corrected chi connectivity index (χ0v) is 13.8. The molecule has 0 aliphatic carbocycles. The van der Waals surface area contributed by atoms with Gasteiger partial charge in [-0.15, -0.1) is 0 Å². The first kappa shape index (κ1) is 16.7. The van der Waals surface area contributed by atoms with Crippen molar-refractivity contribution >= 4 is 40.5 Å². The molecule has 0 aliphatic heterocycles. The summed E-state index contributed by atoms with van der Waals surface area (Å²) in [7, 11) is 0. The summed E-state index contributed by atoms with van der Waals surface area (Å²) in [5, 5.41) is 8.90. The first-order valence-electron chi connectivity index (χ1n) is 7.39. The molecule has 126 valence electrons. The van der Waals surface area contributed by atoms with Crippen LogP contribution in [0.15, 0.2) is 71.3 Å². The number of anilines is 3. The van der Waals surface area contributed by atoms with E-state index in [0.717, 1.165) is 5.69 Å². The Labute approximate surface area is 148 Å². The molecule has 1 heterocycles. The lowest BCUT2D eigenvalue weighted by Gasteiger charge is -2.10. The number of thiocarbonyl (C=S) groups is 1. The largest absolute Gasteiger partial charge is 0.449 e. The average Bonchev–Trinajstić information content (AvgIpc) is 3.10. The van der Waals surface area contributed by atoms with Crippen LogP contribution in [0.4, 0.5) is 21.6 Å². The first-order chi connectivity index (χ1) is 12.1. The summed E-state index contributed by atoms with van der Waals surface area (Å²) in [6, 6.07) is 16.2. The molecule has 0 atom stereocenters. The predicted octanol–water partition coefficient (Wildman–Crippen LogP) is 4.48. The van der Waals surface area contributed by atoms with Crippen molar-refractivity contribution in [2.24, 2.45) is 0 Å². The summed E-state index contributed by atoms with van der Waals surface area (Å²) in [6.07, 6.45) is 1.54. The number of rotatable bonds is 4. The first-order valence-corrected chi connectivity index (χ1v) is 7.80. The summed E-state index contributed by atoms with van der Waals surface area (Å²) in [6.45, 7) is 0. The molecule has 0 saturated heterocycles. The second-order valence-corrected chi connectivity index (χ2v) is 5.48. The van der Waals surface area contributed by atoms with Gasteiger partial charge in [-0.25, -0.2) is 4.39 Å². The van der Waals surface area contributed by atoms with Gasteiger partial charge in [0.05, 0.1) is 11.8 Å². The van der Waals surface area contributed by atoms with Crippen molar-refractivity contribution in [3.8, 4) is 0 Å². The maximum atomic E-state index is 13.6. The standard InChI is InChI=1S/C18H14FN3O2S/c19-15-5-2-1-4-14(15)17(23)20-12-7-9-13(10-8-12)21-18(25)22-16-6-3-11-24-16/h1-11H,(H,20,23)(H2,21,22,25). The number of furan rings is 1. The molecular weight excluding hydrogens is 341 g/mol. The monoisotopic (exact) mass is 355 g/mol. The van der Waals surface area contributed by atoms with E-state index in [4.69, 9.17) is 16.6 Å². The van der Waals surface area contributed by atoms with Crippen molar-refractivity contribution in [2.45, 2.75) is 0 Å². The van der Waals surface area contributed by atoms with Gasteiger partial charge in [0.1, 0.15) is 5.82 Å². The van der Waals surface area contributed by atoms with E-state index in [1.807, 2.05) is 0 Å². The van der Waals surface area contributed by atoms with Gasteiger partial charge in [-0.3, -0.25) is 4.79 Å². The molecule has 1 amide bonds. The Balaban J connectivity index is 1.59. The number of benzene rings is 2. The van der Waals surface area contributed by atoms with E-state index in [1.54, 1.807) is 42.5 Å². The summed E-state index contributed by atoms with van der Waals surface area (Å²) in [5.41, 5.74) is 1.27. The molecule has 0 aliphatic rings. The molecule has 0 bridgehead atoms. The minimum absolute atomic E-state index is 0.00599. The summed E-state index contributed by atoms with van der Waals surface area (Å²) >= 11 is 5.17. The lowest BCUT2D eigenvalue weighted by atomic mass is 10.2. The molecule has 7 heteroatoms. The normalized spacial score (nSPS) is 10.1. The van der Waals surface area contributed by atoms with Crippen LogP contribution in [0.25, 0.3) is 0 Å². The number of hydrogen-bond donors (Lipinski definition) is 3. The van der Waals surface area contributed by atoms with E-state index in [9.17, 15) is 9.18 Å². The maximum absolute atomic E-state index is 13.6. The van der Waals surface area contributed by atoms with Crippen LogP contribution in [0, 0.1) is 5.82 Å². The average molecular weight is 355 g/mol. The quantitative estimate of drug-likeness (QED) is 0.602. The lowest BCUT2D eigenvalue weighted by Crippen LogP contribution is -2.18. The minimum Gasteiger partial charge on any atom is -0.449 e. The molecule has 3 rings (SSSR count). The van der Waals surface area contributed by atoms with Crippen LogP contribution in [0.5, 0.6) is 0 Å². The Morgan fingerprint density at radius 2 is 1.56 bits per heavy atom. The molecule has 0 unspecified atom stereocenters. The molecule has 25 heavy (non-hydrogen) atoms. The van der Waals surface area contributed by atoms with Crippen molar-refractivity contribution in [3.63, 3.8) is 0 Å². The van der Waals surface area contributed by atoms with Gasteiger partial charge >= 0.3 is 0 Å². The highest BCUT2D eigenvalue weighted by Crippen LogP contribution is 2.16. The smallest absolute Gasteiger partial charge is 0.258 e. The third-order valence-electron chi connectivity index (χ3n) is 3.28. The van der Waals surface area contributed by atoms with Crippen molar-refractivity contribution in [1.82, 2.24) is 0 Å². The topological polar surface area (TPSA) is 66.3 Å². The Kier molecular flexibility index (Phi) is 5.06. The fraction of sp³-hybridized carbons (Fsp3) is 0. The second kappa shape index (κ2) is 7.59. The van der Waals surface area contributed by atoms with Crippen LogP contribution < -0.4 is 16.0 Å². The van der Waals surface area contributed by atoms with E-state index in [0.29, 0.717) is 16.7 Å². The number of nitrogens with one attached hydrogen (secondary N) is 3. The Bertz CT molecular complexity index is 880. The Hall–Kier alpha value is -3.19. The van der Waals surface area contributed by atoms with E-state index in [-0.39, 0.29) is 5.56 Å². The highest BCUT2D eigenvalue weighted by atomic mass is 32.1. The zero-order chi connectivity index (χ0) is 17.6. The highest BCUT2D eigenvalue weighted by Gasteiger charge is 2.10. The van der Waals surface area contributed by atoms with Gasteiger partial charge < -0.3 is 20.4 Å². The predicted molar refractivity (Wildman–Crippen MR) is 99.3 cm³/mol. The van der Waals surface area contributed by atoms with Crippen molar-refractivity contribution < 1.29 is 13.6 Å². The zero-order valence-electron chi connectivity index (χ0n) is 13.0. The van der Waals surface area contributed by atoms with Crippen LogP contribution in [0.3, 0.4) is 0 Å². The van der Waals surface area contributed by atoms with Crippen LogP contribution >= 0.6 is 12.2 Å². The number of halogens is 1. The van der Waals surface area contributed by atoms with Crippen molar-refractivity contribution in [3.05, 3.63) is 78.3 Å². The molecule has 1 aromatic heterocycles. The van der Waals surface area contributed by atoms with Gasteiger partial charge in [0.2, 0.25) is 0 Å². The van der Waals surface area contributed by atoms with E-state index >= 15 is 0 Å². The highest BCUT2D eigenvalue weighted by molar-refractivity contribution is 7.80. The van der Waals surface area contributed by atoms with Crippen LogP contribution in [-0.4, -0.2) is 11.0 Å². The molecule has 0 radical (unpaired) electrons. The molecule has 0 saturated carbocycles. The second-order valence-electron chi connectivity index (χ2n) is 5.07. The van der Waals surface area contributed by atoms with Gasteiger partial charge in [-0.1, -0.05) is 12.1 Å². The van der Waals surface area contributed by atoms with E-state index in [1.165, 1.54) is 24.5 Å². The Morgan fingerprint density at radius 1 is 0.880 bits per heavy atom. The molecular formula is C18H14FN3O2S. The number of amides is 1. The Morgan fingerprint density at radius 3 is 2.20 bits per heavy atom. The van der Waals surface area contributed by atoms with Crippen LogP contribution in [0.1, 0.15) is 10.4 Å². The van der Waals surface area contributed by atoms with Crippen LogP contribution in [-0.2, 0) is 0 Å². The summed E-state index contributed by atoms with van der Waals surface area (Å²) in [5.74, 6) is -0.535. The molecule has 3 N–H and O–H groups in total. The minimum atomic E-state index is -0.562. The van der Waals surface area contributed by atoms with Gasteiger partial charge in [-0.2, -0.15) is 0 Å². The molecule has 0 spiro atoms. The fourth-order valence-electron chi connectivity index (χ4n) is 2.10. The third kappa shape index (κ3) is 4.42. The lowest BCUT2D eigenvalue weighted by molar-refractivity contribution is 0.102. The fourth-order valence-corrected chi connectivity index (χ4v) is 2.32. The number of carbonyl (C=O) groups excluding carboxylic acids is 1. The molecule has 3 aromatic rings. The molecule has 0 fully saturated rings.